The van der Waals surface area contributed by atoms with Gasteiger partial charge in [0.05, 0.1) is 6.54 Å². The van der Waals surface area contributed by atoms with Crippen LogP contribution >= 0.6 is 0 Å². The van der Waals surface area contributed by atoms with Gasteiger partial charge in [-0.25, -0.2) is 4.98 Å². The molecule has 0 unspecified atom stereocenters. The maximum Gasteiger partial charge on any atom is 0.122 e. The highest BCUT2D eigenvalue weighted by molar-refractivity contribution is 4.99. The summed E-state index contributed by atoms with van der Waals surface area (Å²) < 4.78 is 2.03. The molecule has 0 bridgehead atoms. The molecule has 4 nitrogen and oxygen atoms in total. The van der Waals surface area contributed by atoms with E-state index < -0.39 is 0 Å². The molecule has 15 heavy (non-hydrogen) atoms. The highest BCUT2D eigenvalue weighted by Gasteiger charge is 2.35. The van der Waals surface area contributed by atoms with E-state index >= 15 is 0 Å². The van der Waals surface area contributed by atoms with Gasteiger partial charge >= 0.3 is 0 Å². The summed E-state index contributed by atoms with van der Waals surface area (Å²) in [5.74, 6) is 1.05. The van der Waals surface area contributed by atoms with Gasteiger partial charge in [0.1, 0.15) is 5.82 Å². The Morgan fingerprint density at radius 3 is 2.87 bits per heavy atom. The summed E-state index contributed by atoms with van der Waals surface area (Å²) >= 11 is 0. The molecule has 0 amide bonds. The van der Waals surface area contributed by atoms with Crippen molar-refractivity contribution in [3.8, 4) is 0 Å². The van der Waals surface area contributed by atoms with Gasteiger partial charge in [0, 0.05) is 31.6 Å². The second kappa shape index (κ2) is 4.33. The molecule has 1 heterocycles. The standard InChI is InChI=1S/C11H19N3O/c1-14-7-6-12-10(14)9-13-11(5-8-15)3-2-4-11/h6-7,13,15H,2-5,8-9H2,1H3. The average molecular weight is 209 g/mol. The lowest BCUT2D eigenvalue weighted by Gasteiger charge is -2.42. The first-order chi connectivity index (χ1) is 7.26. The molecule has 84 valence electrons. The van der Waals surface area contributed by atoms with Gasteiger partial charge in [-0.15, -0.1) is 0 Å². The number of aliphatic hydroxyl groups is 1. The van der Waals surface area contributed by atoms with Crippen molar-refractivity contribution < 1.29 is 5.11 Å². The van der Waals surface area contributed by atoms with Crippen LogP contribution in [0.2, 0.25) is 0 Å². The van der Waals surface area contributed by atoms with Gasteiger partial charge in [-0.05, 0) is 25.7 Å². The molecule has 0 aliphatic heterocycles. The van der Waals surface area contributed by atoms with Gasteiger partial charge in [-0.1, -0.05) is 0 Å². The van der Waals surface area contributed by atoms with Gasteiger partial charge in [-0.3, -0.25) is 0 Å². The molecule has 0 aromatic carbocycles. The summed E-state index contributed by atoms with van der Waals surface area (Å²) in [6, 6.07) is 0. The van der Waals surface area contributed by atoms with E-state index in [1.54, 1.807) is 0 Å². The first-order valence-corrected chi connectivity index (χ1v) is 5.58. The zero-order valence-electron chi connectivity index (χ0n) is 9.24. The van der Waals surface area contributed by atoms with Crippen molar-refractivity contribution in [2.75, 3.05) is 6.61 Å². The average Bonchev–Trinajstić information content (AvgIpc) is 2.56. The first kappa shape index (κ1) is 10.6. The molecule has 0 spiro atoms. The van der Waals surface area contributed by atoms with Crippen molar-refractivity contribution in [2.24, 2.45) is 7.05 Å². The third-order valence-electron chi connectivity index (χ3n) is 3.44. The highest BCUT2D eigenvalue weighted by atomic mass is 16.3. The molecule has 0 radical (unpaired) electrons. The number of nitrogens with zero attached hydrogens (tertiary/aromatic N) is 2. The van der Waals surface area contributed by atoms with E-state index in [1.807, 2.05) is 24.0 Å². The number of hydrogen-bond acceptors (Lipinski definition) is 3. The van der Waals surface area contributed by atoms with E-state index in [9.17, 15) is 0 Å². The van der Waals surface area contributed by atoms with Crippen molar-refractivity contribution in [3.63, 3.8) is 0 Å². The minimum atomic E-state index is 0.181. The first-order valence-electron chi connectivity index (χ1n) is 5.58. The van der Waals surface area contributed by atoms with Crippen LogP contribution in [0.1, 0.15) is 31.5 Å². The van der Waals surface area contributed by atoms with Crippen molar-refractivity contribution in [3.05, 3.63) is 18.2 Å². The Kier molecular flexibility index (Phi) is 3.07. The quantitative estimate of drug-likeness (QED) is 0.754. The summed E-state index contributed by atoms with van der Waals surface area (Å²) in [6.07, 6.45) is 8.26. The van der Waals surface area contributed by atoms with Crippen LogP contribution < -0.4 is 5.32 Å². The van der Waals surface area contributed by atoms with Crippen molar-refractivity contribution in [1.29, 1.82) is 0 Å². The zero-order chi connectivity index (χ0) is 10.7. The van der Waals surface area contributed by atoms with Gasteiger partial charge in [0.2, 0.25) is 0 Å². The predicted molar refractivity (Wildman–Crippen MR) is 58.3 cm³/mol. The van der Waals surface area contributed by atoms with Crippen LogP contribution in [0.5, 0.6) is 0 Å². The Hall–Kier alpha value is -0.870. The second-order valence-electron chi connectivity index (χ2n) is 4.42. The third kappa shape index (κ3) is 2.21. The molecule has 2 N–H and O–H groups in total. The molecule has 4 heteroatoms. The summed E-state index contributed by atoms with van der Waals surface area (Å²) in [5, 5.41) is 12.6. The Balaban J connectivity index is 1.89. The van der Waals surface area contributed by atoms with Gasteiger partial charge in [0.15, 0.2) is 0 Å². The van der Waals surface area contributed by atoms with Crippen LogP contribution in [0.25, 0.3) is 0 Å². The van der Waals surface area contributed by atoms with E-state index in [1.165, 1.54) is 19.3 Å². The maximum atomic E-state index is 9.02. The normalized spacial score (nSPS) is 18.8. The maximum absolute atomic E-state index is 9.02. The van der Waals surface area contributed by atoms with E-state index in [0.29, 0.717) is 0 Å². The van der Waals surface area contributed by atoms with Crippen molar-refractivity contribution in [1.82, 2.24) is 14.9 Å². The summed E-state index contributed by atoms with van der Waals surface area (Å²) in [7, 11) is 2.00. The van der Waals surface area contributed by atoms with Crippen LogP contribution in [-0.2, 0) is 13.6 Å². The van der Waals surface area contributed by atoms with Gasteiger partial charge < -0.3 is 15.0 Å². The van der Waals surface area contributed by atoms with Crippen LogP contribution in [0.4, 0.5) is 0 Å². The summed E-state index contributed by atoms with van der Waals surface area (Å²) in [4.78, 5) is 4.28. The van der Waals surface area contributed by atoms with Crippen molar-refractivity contribution in [2.45, 2.75) is 37.8 Å². The molecule has 0 atom stereocenters. The number of hydrogen-bond donors (Lipinski definition) is 2. The number of rotatable bonds is 5. The molecular formula is C11H19N3O. The summed E-state index contributed by atoms with van der Waals surface area (Å²) in [6.45, 7) is 1.07. The fourth-order valence-electron chi connectivity index (χ4n) is 2.17. The zero-order valence-corrected chi connectivity index (χ0v) is 9.24. The van der Waals surface area contributed by atoms with E-state index in [4.69, 9.17) is 5.11 Å². The molecule has 0 saturated heterocycles. The number of nitrogens with one attached hydrogen (secondary N) is 1. The minimum Gasteiger partial charge on any atom is -0.396 e. The SMILES string of the molecule is Cn1ccnc1CNC1(CCO)CCC1. The van der Waals surface area contributed by atoms with Crippen LogP contribution in [0, 0.1) is 0 Å². The van der Waals surface area contributed by atoms with Crippen molar-refractivity contribution >= 4 is 0 Å². The van der Waals surface area contributed by atoms with E-state index in [-0.39, 0.29) is 12.1 Å². The Labute approximate surface area is 90.3 Å². The monoisotopic (exact) mass is 209 g/mol. The van der Waals surface area contributed by atoms with Gasteiger partial charge in [0.25, 0.3) is 0 Å². The Bertz CT molecular complexity index is 317. The van der Waals surface area contributed by atoms with Gasteiger partial charge in [-0.2, -0.15) is 0 Å². The predicted octanol–water partition coefficient (Wildman–Crippen LogP) is 0.815. The largest absolute Gasteiger partial charge is 0.396 e. The molecule has 1 aliphatic rings. The highest BCUT2D eigenvalue weighted by Crippen LogP contribution is 2.34. The lowest BCUT2D eigenvalue weighted by molar-refractivity contribution is 0.128. The molecule has 1 fully saturated rings. The fourth-order valence-corrected chi connectivity index (χ4v) is 2.17. The van der Waals surface area contributed by atoms with Crippen LogP contribution in [0.3, 0.4) is 0 Å². The minimum absolute atomic E-state index is 0.181. The number of aliphatic hydroxyl groups excluding tert-OH is 1. The second-order valence-corrected chi connectivity index (χ2v) is 4.42. The Morgan fingerprint density at radius 2 is 2.40 bits per heavy atom. The number of imidazole rings is 1. The van der Waals surface area contributed by atoms with E-state index in [2.05, 4.69) is 10.3 Å². The number of aryl methyl sites for hydroxylation is 1. The topological polar surface area (TPSA) is 50.1 Å². The molecule has 1 saturated carbocycles. The summed E-state index contributed by atoms with van der Waals surface area (Å²) in [5.41, 5.74) is 0.181. The fraction of sp³-hybridized carbons (Fsp3) is 0.727. The van der Waals surface area contributed by atoms with Crippen LogP contribution in [0.15, 0.2) is 12.4 Å². The lowest BCUT2D eigenvalue weighted by atomic mass is 9.74. The number of aromatic nitrogens is 2. The lowest BCUT2D eigenvalue weighted by Crippen LogP contribution is -2.51. The van der Waals surface area contributed by atoms with E-state index in [0.717, 1.165) is 18.8 Å². The molecule has 1 aromatic heterocycles. The molecule has 1 aromatic rings. The molecular weight excluding hydrogens is 190 g/mol. The smallest absolute Gasteiger partial charge is 0.122 e. The Morgan fingerprint density at radius 1 is 1.60 bits per heavy atom. The molecule has 2 rings (SSSR count). The van der Waals surface area contributed by atoms with Crippen LogP contribution in [-0.4, -0.2) is 26.8 Å². The third-order valence-corrected chi connectivity index (χ3v) is 3.44. The molecule has 1 aliphatic carbocycles.